The van der Waals surface area contributed by atoms with Gasteiger partial charge in [-0.05, 0) is 67.9 Å². The molecular formula is C19H29N. The van der Waals surface area contributed by atoms with E-state index in [2.05, 4.69) is 49.5 Å². The lowest BCUT2D eigenvalue weighted by Gasteiger charge is -2.41. The first-order valence-electron chi connectivity index (χ1n) is 8.40. The van der Waals surface area contributed by atoms with E-state index in [4.69, 9.17) is 0 Å². The molecule has 2 atom stereocenters. The summed E-state index contributed by atoms with van der Waals surface area (Å²) >= 11 is 0. The minimum atomic E-state index is 0.537. The fraction of sp³-hybridized carbons (Fsp3) is 0.684. The molecule has 2 unspecified atom stereocenters. The number of rotatable bonds is 5. The number of benzene rings is 1. The standard InChI is InChI=1S/C19H29N/c1-19(2)11-10-16(14-20-18-8-9-18)17(13-19)12-15-6-4-3-5-7-15/h3-7,16-18,20H,8-14H2,1-2H3. The van der Waals surface area contributed by atoms with E-state index < -0.39 is 0 Å². The second-order valence-electron chi connectivity index (χ2n) is 7.80. The highest BCUT2D eigenvalue weighted by molar-refractivity contribution is 5.15. The monoisotopic (exact) mass is 271 g/mol. The molecular weight excluding hydrogens is 242 g/mol. The van der Waals surface area contributed by atoms with E-state index in [9.17, 15) is 0 Å². The van der Waals surface area contributed by atoms with E-state index >= 15 is 0 Å². The third kappa shape index (κ3) is 3.85. The van der Waals surface area contributed by atoms with Gasteiger partial charge in [-0.2, -0.15) is 0 Å². The van der Waals surface area contributed by atoms with Crippen LogP contribution < -0.4 is 5.32 Å². The maximum absolute atomic E-state index is 3.77. The Hall–Kier alpha value is -0.820. The third-order valence-corrected chi connectivity index (χ3v) is 5.26. The highest BCUT2D eigenvalue weighted by Gasteiger charge is 2.35. The Kier molecular flexibility index (Phi) is 4.16. The predicted molar refractivity (Wildman–Crippen MR) is 85.8 cm³/mol. The van der Waals surface area contributed by atoms with Crippen molar-refractivity contribution in [3.63, 3.8) is 0 Å². The maximum Gasteiger partial charge on any atom is 0.00683 e. The Bertz CT molecular complexity index is 417. The highest BCUT2D eigenvalue weighted by Crippen LogP contribution is 2.43. The molecule has 0 aliphatic heterocycles. The second kappa shape index (κ2) is 5.89. The van der Waals surface area contributed by atoms with Gasteiger partial charge in [-0.3, -0.25) is 0 Å². The maximum atomic E-state index is 3.77. The quantitative estimate of drug-likeness (QED) is 0.835. The molecule has 0 heterocycles. The summed E-state index contributed by atoms with van der Waals surface area (Å²) in [7, 11) is 0. The largest absolute Gasteiger partial charge is 0.314 e. The van der Waals surface area contributed by atoms with Gasteiger partial charge in [-0.1, -0.05) is 44.2 Å². The van der Waals surface area contributed by atoms with Crippen LogP contribution in [0.25, 0.3) is 0 Å². The normalized spacial score (nSPS) is 29.3. The molecule has 0 aromatic heterocycles. The fourth-order valence-corrected chi connectivity index (χ4v) is 3.82. The lowest BCUT2D eigenvalue weighted by molar-refractivity contribution is 0.115. The van der Waals surface area contributed by atoms with Crippen molar-refractivity contribution in [1.82, 2.24) is 5.32 Å². The molecule has 0 amide bonds. The fourth-order valence-electron chi connectivity index (χ4n) is 3.82. The van der Waals surface area contributed by atoms with Gasteiger partial charge >= 0.3 is 0 Å². The van der Waals surface area contributed by atoms with Gasteiger partial charge in [-0.25, -0.2) is 0 Å². The van der Waals surface area contributed by atoms with Gasteiger partial charge in [0.15, 0.2) is 0 Å². The average molecular weight is 271 g/mol. The summed E-state index contributed by atoms with van der Waals surface area (Å²) in [6.45, 7) is 6.16. The summed E-state index contributed by atoms with van der Waals surface area (Å²) in [5.41, 5.74) is 2.06. The van der Waals surface area contributed by atoms with E-state index in [1.165, 1.54) is 50.6 Å². The van der Waals surface area contributed by atoms with E-state index in [-0.39, 0.29) is 0 Å². The van der Waals surface area contributed by atoms with Crippen molar-refractivity contribution in [3.05, 3.63) is 35.9 Å². The Morgan fingerprint density at radius 3 is 2.50 bits per heavy atom. The average Bonchev–Trinajstić information content (AvgIpc) is 3.22. The Balaban J connectivity index is 1.64. The Labute approximate surface area is 124 Å². The van der Waals surface area contributed by atoms with Crippen molar-refractivity contribution >= 4 is 0 Å². The van der Waals surface area contributed by atoms with E-state index in [0.29, 0.717) is 5.41 Å². The minimum Gasteiger partial charge on any atom is -0.314 e. The van der Waals surface area contributed by atoms with Crippen molar-refractivity contribution in [2.45, 2.75) is 58.4 Å². The molecule has 0 radical (unpaired) electrons. The summed E-state index contributed by atoms with van der Waals surface area (Å²) in [5, 5.41) is 3.77. The summed E-state index contributed by atoms with van der Waals surface area (Å²) in [5.74, 6) is 1.73. The van der Waals surface area contributed by atoms with Crippen molar-refractivity contribution in [1.29, 1.82) is 0 Å². The van der Waals surface area contributed by atoms with Crippen LogP contribution in [-0.2, 0) is 6.42 Å². The molecule has 110 valence electrons. The first-order chi connectivity index (χ1) is 9.62. The van der Waals surface area contributed by atoms with E-state index in [0.717, 1.165) is 17.9 Å². The first-order valence-corrected chi connectivity index (χ1v) is 8.40. The first kappa shape index (κ1) is 14.1. The Morgan fingerprint density at radius 2 is 1.80 bits per heavy atom. The molecule has 2 aliphatic rings. The topological polar surface area (TPSA) is 12.0 Å². The lowest BCUT2D eigenvalue weighted by Crippen LogP contribution is -2.37. The van der Waals surface area contributed by atoms with Crippen LogP contribution in [0.2, 0.25) is 0 Å². The summed E-state index contributed by atoms with van der Waals surface area (Å²) < 4.78 is 0. The van der Waals surface area contributed by atoms with Gasteiger partial charge in [0.2, 0.25) is 0 Å². The summed E-state index contributed by atoms with van der Waals surface area (Å²) in [6, 6.07) is 11.9. The van der Waals surface area contributed by atoms with Crippen LogP contribution in [0.5, 0.6) is 0 Å². The SMILES string of the molecule is CC1(C)CCC(CNC2CC2)C(Cc2ccccc2)C1. The second-order valence-corrected chi connectivity index (χ2v) is 7.80. The zero-order valence-corrected chi connectivity index (χ0v) is 13.1. The number of hydrogen-bond donors (Lipinski definition) is 1. The van der Waals surface area contributed by atoms with Gasteiger partial charge in [-0.15, -0.1) is 0 Å². The summed E-state index contributed by atoms with van der Waals surface area (Å²) in [4.78, 5) is 0. The van der Waals surface area contributed by atoms with Crippen molar-refractivity contribution in [2.75, 3.05) is 6.54 Å². The molecule has 1 nitrogen and oxygen atoms in total. The predicted octanol–water partition coefficient (Wildman–Crippen LogP) is 4.42. The van der Waals surface area contributed by atoms with Crippen LogP contribution >= 0.6 is 0 Å². The molecule has 0 bridgehead atoms. The van der Waals surface area contributed by atoms with Crippen LogP contribution in [0.3, 0.4) is 0 Å². The molecule has 1 aromatic carbocycles. The molecule has 2 saturated carbocycles. The summed E-state index contributed by atoms with van der Waals surface area (Å²) in [6.07, 6.45) is 8.27. The van der Waals surface area contributed by atoms with Gasteiger partial charge in [0.05, 0.1) is 0 Å². The zero-order chi connectivity index (χ0) is 14.0. The molecule has 0 saturated heterocycles. The highest BCUT2D eigenvalue weighted by atomic mass is 14.9. The molecule has 1 heteroatoms. The zero-order valence-electron chi connectivity index (χ0n) is 13.1. The van der Waals surface area contributed by atoms with Crippen molar-refractivity contribution in [3.8, 4) is 0 Å². The van der Waals surface area contributed by atoms with Crippen LogP contribution in [0.15, 0.2) is 30.3 Å². The molecule has 2 aliphatic carbocycles. The van der Waals surface area contributed by atoms with Crippen LogP contribution in [0.1, 0.15) is 51.5 Å². The molecule has 2 fully saturated rings. The molecule has 1 N–H and O–H groups in total. The minimum absolute atomic E-state index is 0.537. The van der Waals surface area contributed by atoms with Gasteiger partial charge in [0.1, 0.15) is 0 Å². The Morgan fingerprint density at radius 1 is 1.05 bits per heavy atom. The van der Waals surface area contributed by atoms with Crippen molar-refractivity contribution in [2.24, 2.45) is 17.3 Å². The van der Waals surface area contributed by atoms with Gasteiger partial charge in [0.25, 0.3) is 0 Å². The molecule has 20 heavy (non-hydrogen) atoms. The van der Waals surface area contributed by atoms with Gasteiger partial charge < -0.3 is 5.32 Å². The van der Waals surface area contributed by atoms with Crippen LogP contribution in [0, 0.1) is 17.3 Å². The number of nitrogens with one attached hydrogen (secondary N) is 1. The molecule has 1 aromatic rings. The van der Waals surface area contributed by atoms with Crippen LogP contribution in [-0.4, -0.2) is 12.6 Å². The van der Waals surface area contributed by atoms with Gasteiger partial charge in [0, 0.05) is 6.04 Å². The van der Waals surface area contributed by atoms with E-state index in [1.807, 2.05) is 0 Å². The molecule has 3 rings (SSSR count). The number of hydrogen-bond acceptors (Lipinski definition) is 1. The van der Waals surface area contributed by atoms with E-state index in [1.54, 1.807) is 0 Å². The lowest BCUT2D eigenvalue weighted by atomic mass is 9.65. The molecule has 0 spiro atoms. The van der Waals surface area contributed by atoms with Crippen LogP contribution in [0.4, 0.5) is 0 Å². The van der Waals surface area contributed by atoms with Crippen molar-refractivity contribution < 1.29 is 0 Å². The third-order valence-electron chi connectivity index (χ3n) is 5.26. The smallest absolute Gasteiger partial charge is 0.00683 e.